The van der Waals surface area contributed by atoms with E-state index in [0.29, 0.717) is 53.3 Å². The van der Waals surface area contributed by atoms with Gasteiger partial charge in [0.1, 0.15) is 30.8 Å². The maximum absolute atomic E-state index is 15.5. The summed E-state index contributed by atoms with van der Waals surface area (Å²) >= 11 is 0.752. The Morgan fingerprint density at radius 1 is 0.820 bits per heavy atom. The molecule has 0 spiro atoms. The zero-order valence-corrected chi connectivity index (χ0v) is 49.8. The van der Waals surface area contributed by atoms with Crippen molar-refractivity contribution in [2.45, 2.75) is 126 Å². The summed E-state index contributed by atoms with van der Waals surface area (Å²) in [5.41, 5.74) is 4.51. The van der Waals surface area contributed by atoms with E-state index >= 15 is 8.78 Å². The Morgan fingerprint density at radius 2 is 1.51 bits per heavy atom. The second kappa shape index (κ2) is 27.2. The number of nitrogens with two attached hydrogens (primary N) is 1. The van der Waals surface area contributed by atoms with Crippen molar-refractivity contribution in [3.63, 3.8) is 0 Å². The van der Waals surface area contributed by atoms with E-state index in [2.05, 4.69) is 33.1 Å². The number of ether oxygens (including phenoxy) is 1. The molecule has 462 valence electrons. The molecule has 4 atom stereocenters. The molecule has 6 aromatic rings. The summed E-state index contributed by atoms with van der Waals surface area (Å²) in [5.74, 6) is 1.22. The van der Waals surface area contributed by atoms with Gasteiger partial charge < -0.3 is 41.1 Å². The predicted molar refractivity (Wildman–Crippen MR) is 325 cm³/mol. The highest BCUT2D eigenvalue weighted by Crippen LogP contribution is 2.60. The molecule has 4 aliphatic heterocycles. The van der Waals surface area contributed by atoms with Crippen molar-refractivity contribution in [2.75, 3.05) is 18.1 Å². The van der Waals surface area contributed by atoms with E-state index in [-0.39, 0.29) is 84.0 Å². The molecule has 1 fully saturated rings. The molecule has 5 heterocycles. The molecular formula is C65H64F2N7O13PS. The summed E-state index contributed by atoms with van der Waals surface area (Å²) in [6.07, 6.45) is 4.58. The number of aryl methyl sites for hydroxylation is 1. The number of carbonyl (C=O) groups excluding carboxylic acids is 9. The number of rotatable bonds is 23. The number of nitrogens with zero attached hydrogens (tertiary/aromatic N) is 2. The van der Waals surface area contributed by atoms with Gasteiger partial charge in [-0.05, 0) is 95.6 Å². The van der Waals surface area contributed by atoms with Crippen LogP contribution in [0.1, 0.15) is 146 Å². The maximum Gasteiger partial charge on any atom is 0.404 e. The highest BCUT2D eigenvalue weighted by Gasteiger charge is 2.51. The second-order valence-electron chi connectivity index (χ2n) is 22.5. The molecule has 1 aromatic heterocycles. The summed E-state index contributed by atoms with van der Waals surface area (Å²) in [4.78, 5) is 143. The highest BCUT2D eigenvalue weighted by atomic mass is 32.1. The summed E-state index contributed by atoms with van der Waals surface area (Å²) in [5, 5.41) is 10.4. The van der Waals surface area contributed by atoms with Gasteiger partial charge in [-0.25, -0.2) is 4.79 Å². The Bertz CT molecular complexity index is 3870. The number of unbranched alkanes of at least 4 members (excludes halogenated alkanes) is 6. The zero-order valence-electron chi connectivity index (χ0n) is 48.1. The van der Waals surface area contributed by atoms with E-state index in [4.69, 9.17) is 10.5 Å². The largest absolute Gasteiger partial charge is 0.447 e. The number of fused-ring (bicyclic) bond motifs is 2. The SMILES string of the molecule is NC(=O)OC[C@H](NC(=O)[C@@H]1Cc2cccc3c2N1C(=O)[C@@H](NC(=O)c1cc2cc(C(F)(F)P(=O)(O)O)cc(C(=O)NCCCCCCCCC#Cc4cccc5c4CN(C4CCC(=O)NC4=O)C5=O)c2s1)CC3)C(=O)CC(c1ccccc1)c1ccccc1. The fourth-order valence-electron chi connectivity index (χ4n) is 12.0. The molecular weight excluding hydrogens is 1190 g/mol. The third kappa shape index (κ3) is 14.0. The first-order valence-corrected chi connectivity index (χ1v) is 31.8. The van der Waals surface area contributed by atoms with Crippen LogP contribution in [0.2, 0.25) is 0 Å². The van der Waals surface area contributed by atoms with Gasteiger partial charge in [-0.15, -0.1) is 11.3 Å². The molecule has 0 bridgehead atoms. The van der Waals surface area contributed by atoms with Crippen LogP contribution < -0.4 is 31.9 Å². The molecule has 1 unspecified atom stereocenters. The summed E-state index contributed by atoms with van der Waals surface area (Å²) < 4.78 is 48.2. The molecule has 5 aromatic carbocycles. The number of nitrogens with one attached hydrogen (secondary N) is 4. The third-order valence-electron chi connectivity index (χ3n) is 16.5. The van der Waals surface area contributed by atoms with Crippen LogP contribution >= 0.6 is 18.9 Å². The minimum absolute atomic E-state index is 0.0263. The number of ketones is 1. The summed E-state index contributed by atoms with van der Waals surface area (Å²) in [7, 11) is -6.13. The Hall–Kier alpha value is -8.94. The van der Waals surface area contributed by atoms with Gasteiger partial charge in [0.15, 0.2) is 5.78 Å². The molecule has 8 N–H and O–H groups in total. The van der Waals surface area contributed by atoms with Crippen LogP contribution in [0.4, 0.5) is 19.3 Å². The first-order valence-electron chi connectivity index (χ1n) is 29.3. The number of benzene rings is 5. The lowest BCUT2D eigenvalue weighted by Crippen LogP contribution is -2.57. The minimum Gasteiger partial charge on any atom is -0.447 e. The number of piperidine rings is 1. The number of para-hydroxylation sites is 1. The molecule has 0 saturated carbocycles. The number of anilines is 1. The number of primary amides is 1. The average Bonchev–Trinajstić information content (AvgIpc) is 2.06. The van der Waals surface area contributed by atoms with Crippen molar-refractivity contribution in [2.24, 2.45) is 5.73 Å². The highest BCUT2D eigenvalue weighted by molar-refractivity contribution is 7.52. The Kier molecular flexibility index (Phi) is 19.3. The lowest BCUT2D eigenvalue weighted by Gasteiger charge is -2.29. The van der Waals surface area contributed by atoms with Crippen LogP contribution in [0.25, 0.3) is 10.1 Å². The number of hydrogen-bond acceptors (Lipinski definition) is 12. The standard InChI is InChI=1S/C65H64F2N7O13PS/c66-65(67,88(84,85)86)44-31-43-33-54(89-57(43)47(34-44)58(77)69-30-14-6-4-2-1-3-5-9-21-40-22-16-25-45-48(40)36-73(62(45)81)51-28-29-55(76)72-59(51)78)61(80)70-49-27-26-41-23-15-24-42-32-52(74(56(41)42)63(49)82)60(79)71-50(37-87-64(68)83)53(75)35-46(38-17-10-7-11-18-38)39-19-12-8-13-20-39/h7-8,10-13,15-20,22-25,31,33-34,46,49-52H,1-6,14,26-30,32,35-37H2,(H2,68,83)(H,69,77)(H,70,80)(H,71,79)(H,72,76,78)(H2,84,85,86)/t49-,50-,51?,52-/m0/s1. The van der Waals surface area contributed by atoms with E-state index < -0.39 is 96.9 Å². The molecule has 1 saturated heterocycles. The lowest BCUT2D eigenvalue weighted by molar-refractivity contribution is -0.137. The number of imide groups is 1. The smallest absolute Gasteiger partial charge is 0.404 e. The van der Waals surface area contributed by atoms with Crippen LogP contribution in [0.15, 0.2) is 115 Å². The van der Waals surface area contributed by atoms with E-state index in [1.807, 2.05) is 66.7 Å². The minimum atomic E-state index is -6.13. The van der Waals surface area contributed by atoms with Gasteiger partial charge in [0.2, 0.25) is 23.6 Å². The Labute approximate surface area is 514 Å². The number of hydrogen-bond donors (Lipinski definition) is 7. The molecule has 8 amide bonds. The molecule has 89 heavy (non-hydrogen) atoms. The number of halogens is 2. The number of thiophene rings is 1. The van der Waals surface area contributed by atoms with Gasteiger partial charge in [-0.2, -0.15) is 8.78 Å². The van der Waals surface area contributed by atoms with Crippen LogP contribution in [0.5, 0.6) is 0 Å². The average molecular weight is 1250 g/mol. The number of Topliss-reactive ketones (excluding diaryl/α,β-unsaturated/α-hetero) is 1. The van der Waals surface area contributed by atoms with Crippen LogP contribution in [0, 0.1) is 11.8 Å². The van der Waals surface area contributed by atoms with Crippen LogP contribution in [0.3, 0.4) is 0 Å². The first kappa shape index (κ1) is 63.1. The topological polar surface area (TPSA) is 301 Å². The Balaban J connectivity index is 0.768. The fraction of sp³-hybridized carbons (Fsp3) is 0.338. The zero-order chi connectivity index (χ0) is 63.1. The molecule has 20 nitrogen and oxygen atoms in total. The van der Waals surface area contributed by atoms with Gasteiger partial charge in [-0.1, -0.05) is 122 Å². The number of alkyl halides is 2. The number of carbonyl (C=O) groups is 9. The van der Waals surface area contributed by atoms with Crippen LogP contribution in [-0.2, 0) is 58.3 Å². The van der Waals surface area contributed by atoms with Gasteiger partial charge >= 0.3 is 19.4 Å². The van der Waals surface area contributed by atoms with Crippen molar-refractivity contribution < 1.29 is 71.0 Å². The quantitative estimate of drug-likeness (QED) is 0.0140. The van der Waals surface area contributed by atoms with Crippen molar-refractivity contribution in [3.8, 4) is 11.8 Å². The maximum atomic E-state index is 15.5. The molecule has 24 heteroatoms. The van der Waals surface area contributed by atoms with Crippen molar-refractivity contribution in [1.29, 1.82) is 0 Å². The van der Waals surface area contributed by atoms with Gasteiger partial charge in [0.05, 0.1) is 16.1 Å². The second-order valence-corrected chi connectivity index (χ2v) is 25.2. The predicted octanol–water partition coefficient (Wildman–Crippen LogP) is 7.78. The summed E-state index contributed by atoms with van der Waals surface area (Å²) in [6, 6.07) is 27.2. The normalized spacial score (nSPS) is 17.5. The van der Waals surface area contributed by atoms with E-state index in [9.17, 15) is 57.5 Å². The number of amides is 8. The van der Waals surface area contributed by atoms with Crippen molar-refractivity contribution in [1.82, 2.24) is 26.2 Å². The first-order chi connectivity index (χ1) is 42.7. The third-order valence-corrected chi connectivity index (χ3v) is 18.7. The van der Waals surface area contributed by atoms with Gasteiger partial charge in [-0.3, -0.25) is 53.1 Å². The summed E-state index contributed by atoms with van der Waals surface area (Å²) in [6.45, 7) is -0.254. The van der Waals surface area contributed by atoms with E-state index in [1.165, 1.54) is 15.9 Å². The van der Waals surface area contributed by atoms with E-state index in [0.717, 1.165) is 59.8 Å². The van der Waals surface area contributed by atoms with Crippen molar-refractivity contribution >= 4 is 87.9 Å². The molecule has 4 aliphatic rings. The van der Waals surface area contributed by atoms with Gasteiger partial charge in [0.25, 0.3) is 17.7 Å². The van der Waals surface area contributed by atoms with Gasteiger partial charge in [0, 0.05) is 66.1 Å². The molecule has 10 rings (SSSR count). The van der Waals surface area contributed by atoms with E-state index in [1.54, 1.807) is 30.3 Å². The molecule has 0 aliphatic carbocycles. The fourth-order valence-corrected chi connectivity index (χ4v) is 13.5. The monoisotopic (exact) mass is 1250 g/mol. The lowest BCUT2D eigenvalue weighted by atomic mass is 9.86. The van der Waals surface area contributed by atoms with Crippen LogP contribution in [-0.4, -0.2) is 105 Å². The Morgan fingerprint density at radius 3 is 2.20 bits per heavy atom. The molecule has 0 radical (unpaired) electrons. The van der Waals surface area contributed by atoms with Crippen molar-refractivity contribution in [3.05, 3.63) is 170 Å².